The fourth-order valence-corrected chi connectivity index (χ4v) is 6.23. The van der Waals surface area contributed by atoms with E-state index in [4.69, 9.17) is 9.73 Å². The van der Waals surface area contributed by atoms with Crippen LogP contribution < -0.4 is 9.46 Å². The van der Waals surface area contributed by atoms with Crippen molar-refractivity contribution in [3.05, 3.63) is 59.7 Å². The molecule has 5 nitrogen and oxygen atoms in total. The lowest BCUT2D eigenvalue weighted by atomic mass is 9.70. The Labute approximate surface area is 242 Å². The molecule has 39 heavy (non-hydrogen) atoms. The fourth-order valence-electron chi connectivity index (χ4n) is 5.57. The highest BCUT2D eigenvalue weighted by Crippen LogP contribution is 2.39. The minimum Gasteiger partial charge on any atom is -0.496 e. The summed E-state index contributed by atoms with van der Waals surface area (Å²) >= 11 is 1.47. The summed E-state index contributed by atoms with van der Waals surface area (Å²) in [6.07, 6.45) is 9.37. The molecule has 2 fully saturated rings. The van der Waals surface area contributed by atoms with Crippen LogP contribution in [0.5, 0.6) is 5.75 Å². The Bertz CT molecular complexity index is 1030. The van der Waals surface area contributed by atoms with Crippen molar-refractivity contribution < 1.29 is 9.53 Å². The van der Waals surface area contributed by atoms with E-state index in [0.29, 0.717) is 5.56 Å². The summed E-state index contributed by atoms with van der Waals surface area (Å²) in [5.41, 5.74) is 3.57. The van der Waals surface area contributed by atoms with Crippen LogP contribution in [-0.4, -0.2) is 50.3 Å². The maximum Gasteiger partial charge on any atom is 0.253 e. The van der Waals surface area contributed by atoms with E-state index in [0.717, 1.165) is 61.9 Å². The van der Waals surface area contributed by atoms with Gasteiger partial charge >= 0.3 is 0 Å². The van der Waals surface area contributed by atoms with Crippen molar-refractivity contribution in [2.45, 2.75) is 89.9 Å². The first kappa shape index (κ1) is 32.9. The quantitative estimate of drug-likeness (QED) is 0.225. The highest BCUT2D eigenvalue weighted by Gasteiger charge is 2.37. The minimum absolute atomic E-state index is 0. The van der Waals surface area contributed by atoms with Gasteiger partial charge in [-0.15, -0.1) is 0 Å². The van der Waals surface area contributed by atoms with Crippen LogP contribution in [0.25, 0.3) is 0 Å². The number of piperidine rings is 1. The van der Waals surface area contributed by atoms with E-state index in [1.807, 2.05) is 44.0 Å². The van der Waals surface area contributed by atoms with Gasteiger partial charge in [-0.1, -0.05) is 77.8 Å². The molecule has 2 aromatic rings. The van der Waals surface area contributed by atoms with Crippen molar-refractivity contribution in [2.75, 3.05) is 33.8 Å². The van der Waals surface area contributed by atoms with Crippen molar-refractivity contribution in [3.8, 4) is 5.75 Å². The van der Waals surface area contributed by atoms with Crippen molar-refractivity contribution in [2.24, 2.45) is 10.9 Å². The van der Waals surface area contributed by atoms with Gasteiger partial charge in [0.2, 0.25) is 0 Å². The molecule has 0 spiro atoms. The van der Waals surface area contributed by atoms with Crippen LogP contribution in [0, 0.1) is 5.92 Å². The number of rotatable bonds is 11. The van der Waals surface area contributed by atoms with Gasteiger partial charge < -0.3 is 9.64 Å². The van der Waals surface area contributed by atoms with Gasteiger partial charge in [-0.2, -0.15) is 0 Å². The molecule has 6 heteroatoms. The van der Waals surface area contributed by atoms with Crippen LogP contribution in [0.4, 0.5) is 0 Å². The zero-order valence-corrected chi connectivity index (χ0v) is 24.9. The van der Waals surface area contributed by atoms with E-state index >= 15 is 0 Å². The first-order valence-corrected chi connectivity index (χ1v) is 15.3. The summed E-state index contributed by atoms with van der Waals surface area (Å²) in [5, 5.41) is 0. The van der Waals surface area contributed by atoms with E-state index < -0.39 is 0 Å². The number of nitrogens with zero attached hydrogens (tertiary/aromatic N) is 2. The predicted octanol–water partition coefficient (Wildman–Crippen LogP) is 8.19. The number of benzene rings is 2. The molecule has 1 aliphatic carbocycles. The Hall–Kier alpha value is -2.31. The average molecular weight is 554 g/mol. The third-order valence-corrected chi connectivity index (χ3v) is 8.84. The topological polar surface area (TPSA) is 53.9 Å². The summed E-state index contributed by atoms with van der Waals surface area (Å²) in [6, 6.07) is 16.6. The van der Waals surface area contributed by atoms with Gasteiger partial charge in [-0.25, -0.2) is 0 Å². The van der Waals surface area contributed by atoms with E-state index in [-0.39, 0.29) is 18.7 Å². The molecule has 1 saturated carbocycles. The Morgan fingerprint density at radius 2 is 1.82 bits per heavy atom. The van der Waals surface area contributed by atoms with Gasteiger partial charge in [0.25, 0.3) is 5.91 Å². The van der Waals surface area contributed by atoms with Gasteiger partial charge in [-0.3, -0.25) is 14.5 Å². The smallest absolute Gasteiger partial charge is 0.253 e. The number of carbonyl (C=O) groups excluding carboxylic acids is 1. The van der Waals surface area contributed by atoms with Crippen molar-refractivity contribution >= 4 is 23.6 Å². The number of carbonyl (C=O) groups is 1. The van der Waals surface area contributed by atoms with Crippen molar-refractivity contribution in [3.63, 3.8) is 0 Å². The average Bonchev–Trinajstić information content (AvgIpc) is 2.95. The number of nitrogens with one attached hydrogen (secondary N) is 1. The molecule has 1 aliphatic heterocycles. The molecule has 0 bridgehead atoms. The molecule has 1 N–H and O–H groups in total. The van der Waals surface area contributed by atoms with Crippen LogP contribution in [0.2, 0.25) is 0 Å². The predicted molar refractivity (Wildman–Crippen MR) is 168 cm³/mol. The third-order valence-electron chi connectivity index (χ3n) is 8.10. The Kier molecular flexibility index (Phi) is 14.1. The van der Waals surface area contributed by atoms with E-state index in [1.54, 1.807) is 7.11 Å². The number of methoxy groups -OCH3 is 1. The summed E-state index contributed by atoms with van der Waals surface area (Å²) in [7, 11) is 3.53. The summed E-state index contributed by atoms with van der Waals surface area (Å²) in [6.45, 7) is 8.65. The van der Waals surface area contributed by atoms with Gasteiger partial charge in [0, 0.05) is 36.3 Å². The molecule has 1 saturated heterocycles. The van der Waals surface area contributed by atoms with Crippen LogP contribution in [0.1, 0.15) is 95.5 Å². The highest BCUT2D eigenvalue weighted by molar-refractivity contribution is 7.97. The van der Waals surface area contributed by atoms with E-state index in [1.165, 1.54) is 48.9 Å². The Morgan fingerprint density at radius 1 is 1.13 bits per heavy atom. The number of likely N-dealkylation sites (tertiary alicyclic amines) is 1. The lowest BCUT2D eigenvalue weighted by Gasteiger charge is -2.42. The molecule has 1 amide bonds. The molecular formula is C33H51N3O2S. The van der Waals surface area contributed by atoms with Crippen LogP contribution in [-0.2, 0) is 5.41 Å². The lowest BCUT2D eigenvalue weighted by Crippen LogP contribution is -2.45. The maximum absolute atomic E-state index is 13.4. The van der Waals surface area contributed by atoms with Crippen molar-refractivity contribution in [1.29, 1.82) is 0 Å². The van der Waals surface area contributed by atoms with Crippen LogP contribution in [0.15, 0.2) is 58.4 Å². The third kappa shape index (κ3) is 8.59. The second-order valence-corrected chi connectivity index (χ2v) is 11.2. The molecule has 0 atom stereocenters. The Balaban J connectivity index is 0.00000174. The van der Waals surface area contributed by atoms with Crippen molar-refractivity contribution in [1.82, 2.24) is 9.62 Å². The summed E-state index contributed by atoms with van der Waals surface area (Å²) in [5.74, 6) is 1.74. The van der Waals surface area contributed by atoms with Gasteiger partial charge in [-0.05, 0) is 80.8 Å². The highest BCUT2D eigenvalue weighted by atomic mass is 32.2. The first-order valence-electron chi connectivity index (χ1n) is 14.5. The molecule has 1 heterocycles. The van der Waals surface area contributed by atoms with Crippen LogP contribution in [0.3, 0.4) is 0 Å². The van der Waals surface area contributed by atoms with Gasteiger partial charge in [0.05, 0.1) is 12.0 Å². The summed E-state index contributed by atoms with van der Waals surface area (Å²) in [4.78, 5) is 21.5. The summed E-state index contributed by atoms with van der Waals surface area (Å²) < 4.78 is 8.53. The molecular weight excluding hydrogens is 502 g/mol. The maximum atomic E-state index is 13.4. The van der Waals surface area contributed by atoms with Crippen LogP contribution >= 0.6 is 11.9 Å². The first-order chi connectivity index (χ1) is 18.6. The van der Waals surface area contributed by atoms with E-state index in [9.17, 15) is 4.79 Å². The standard InChI is InChI=1S/C30H41N3O2S.C2H6.CH4/c1-4-26(21-23-9-8-10-23)32-18-15-30(25-11-6-5-7-12-25)16-19-33(20-17-30)29(34)24-13-14-27(35-3)28(22-24)36-31-2;1-2;/h5-7,11-14,22-23,31H,4,8-10,15-21H2,1-3H3;1-2H3;1H4. The number of aliphatic imine (C=N–C) groups is 1. The second kappa shape index (κ2) is 16.7. The monoisotopic (exact) mass is 553 g/mol. The normalized spacial score (nSPS) is 16.8. The number of ether oxygens (including phenoxy) is 1. The zero-order chi connectivity index (χ0) is 27.4. The largest absolute Gasteiger partial charge is 0.496 e. The molecule has 216 valence electrons. The molecule has 0 aromatic heterocycles. The Morgan fingerprint density at radius 3 is 2.38 bits per heavy atom. The molecule has 2 aromatic carbocycles. The number of hydrogen-bond donors (Lipinski definition) is 1. The SMILES string of the molecule is C.CC.CCC(CC1CCC1)=NCCC1(c2ccccc2)CCN(C(=O)c2ccc(OC)c(SNC)c2)CC1. The molecule has 0 unspecified atom stereocenters. The molecule has 4 rings (SSSR count). The fraction of sp³-hybridized carbons (Fsp3) is 0.576. The second-order valence-electron chi connectivity index (χ2n) is 10.2. The minimum atomic E-state index is 0. The van der Waals surface area contributed by atoms with E-state index in [2.05, 4.69) is 42.0 Å². The lowest BCUT2D eigenvalue weighted by molar-refractivity contribution is 0.0660. The number of amides is 1. The molecule has 2 aliphatic rings. The molecule has 0 radical (unpaired) electrons. The zero-order valence-electron chi connectivity index (χ0n) is 24.1. The number of hydrogen-bond acceptors (Lipinski definition) is 5. The van der Waals surface area contributed by atoms with Gasteiger partial charge in [0.15, 0.2) is 0 Å². The van der Waals surface area contributed by atoms with Gasteiger partial charge in [0.1, 0.15) is 5.75 Å².